The molecule has 1 aromatic carbocycles. The molecule has 0 bridgehead atoms. The third kappa shape index (κ3) is 3.45. The van der Waals surface area contributed by atoms with E-state index in [1.165, 1.54) is 11.3 Å². The fourth-order valence-corrected chi connectivity index (χ4v) is 3.52. The zero-order valence-electron chi connectivity index (χ0n) is 16.9. The first kappa shape index (κ1) is 18.4. The van der Waals surface area contributed by atoms with Gasteiger partial charge in [0.15, 0.2) is 11.5 Å². The molecule has 0 saturated carbocycles. The third-order valence-corrected chi connectivity index (χ3v) is 5.09. The van der Waals surface area contributed by atoms with Crippen LogP contribution in [0, 0.1) is 13.8 Å². The molecule has 28 heavy (non-hydrogen) atoms. The highest BCUT2D eigenvalue weighted by molar-refractivity contribution is 5.93. The fourth-order valence-electron chi connectivity index (χ4n) is 3.52. The van der Waals surface area contributed by atoms with Crippen LogP contribution in [0.2, 0.25) is 0 Å². The molecule has 4 aromatic rings. The largest absolute Gasteiger partial charge is 0.486 e. The molecule has 4 rings (SSSR count). The third-order valence-electron chi connectivity index (χ3n) is 5.09. The van der Waals surface area contributed by atoms with E-state index < -0.39 is 0 Å². The van der Waals surface area contributed by atoms with Crippen molar-refractivity contribution >= 4 is 16.7 Å². The number of para-hydroxylation sites is 1. The lowest BCUT2D eigenvalue weighted by molar-refractivity contribution is 0.296. The van der Waals surface area contributed by atoms with Crippen molar-refractivity contribution in [2.45, 2.75) is 33.4 Å². The summed E-state index contributed by atoms with van der Waals surface area (Å²) in [6.45, 7) is 6.60. The molecule has 0 aliphatic carbocycles. The van der Waals surface area contributed by atoms with Crippen molar-refractivity contribution in [3.63, 3.8) is 0 Å². The summed E-state index contributed by atoms with van der Waals surface area (Å²) in [6, 6.07) is 9.72. The smallest absolute Gasteiger partial charge is 0.189 e. The van der Waals surface area contributed by atoms with Gasteiger partial charge in [-0.1, -0.05) is 18.2 Å². The average Bonchev–Trinajstić information content (AvgIpc) is 3.21. The van der Waals surface area contributed by atoms with Crippen molar-refractivity contribution in [2.24, 2.45) is 0 Å². The molecular weight excluding hydrogens is 352 g/mol. The number of aromatic nitrogens is 5. The van der Waals surface area contributed by atoms with E-state index in [1.54, 1.807) is 10.8 Å². The Morgan fingerprint density at radius 2 is 1.86 bits per heavy atom. The molecule has 0 saturated heterocycles. The zero-order chi connectivity index (χ0) is 19.7. The maximum atomic E-state index is 5.80. The molecular formula is C21H26N6O. The van der Waals surface area contributed by atoms with Gasteiger partial charge in [0.1, 0.15) is 24.3 Å². The number of benzene rings is 1. The van der Waals surface area contributed by atoms with E-state index >= 15 is 0 Å². The number of hydrogen-bond donors (Lipinski definition) is 0. The summed E-state index contributed by atoms with van der Waals surface area (Å²) in [4.78, 5) is 11.6. The van der Waals surface area contributed by atoms with Crippen molar-refractivity contribution in [1.29, 1.82) is 0 Å². The van der Waals surface area contributed by atoms with Gasteiger partial charge in [0.25, 0.3) is 0 Å². The van der Waals surface area contributed by atoms with Gasteiger partial charge in [-0.25, -0.2) is 14.5 Å². The minimum absolute atomic E-state index is 0.328. The molecule has 0 fully saturated rings. The molecule has 3 heterocycles. The first-order valence-electron chi connectivity index (χ1n) is 9.57. The Labute approximate surface area is 164 Å². The number of ether oxygens (including phenoxy) is 1. The number of fused-ring (bicyclic) bond motifs is 3. The zero-order valence-corrected chi connectivity index (χ0v) is 16.9. The highest BCUT2D eigenvalue weighted by Crippen LogP contribution is 2.27. The molecule has 0 spiro atoms. The van der Waals surface area contributed by atoms with Crippen molar-refractivity contribution in [3.8, 4) is 5.75 Å². The summed E-state index contributed by atoms with van der Waals surface area (Å²) in [6.07, 6.45) is 2.82. The van der Waals surface area contributed by atoms with Crippen LogP contribution in [0.25, 0.3) is 16.7 Å². The van der Waals surface area contributed by atoms with E-state index in [-0.39, 0.29) is 0 Å². The second-order valence-corrected chi connectivity index (χ2v) is 7.36. The van der Waals surface area contributed by atoms with E-state index in [2.05, 4.69) is 47.5 Å². The van der Waals surface area contributed by atoms with Crippen LogP contribution in [0.1, 0.15) is 23.5 Å². The fraction of sp³-hybridized carbons (Fsp3) is 0.381. The van der Waals surface area contributed by atoms with Gasteiger partial charge in [-0.2, -0.15) is 0 Å². The second-order valence-electron chi connectivity index (χ2n) is 7.36. The first-order valence-corrected chi connectivity index (χ1v) is 9.57. The first-order chi connectivity index (χ1) is 13.5. The number of nitrogens with zero attached hydrogens (tertiary/aromatic N) is 6. The van der Waals surface area contributed by atoms with Crippen LogP contribution >= 0.6 is 0 Å². The molecule has 3 aromatic heterocycles. The Hall–Kier alpha value is -2.93. The van der Waals surface area contributed by atoms with Gasteiger partial charge in [0.05, 0.1) is 5.39 Å². The molecule has 0 radical (unpaired) electrons. The van der Waals surface area contributed by atoms with Gasteiger partial charge >= 0.3 is 0 Å². The molecule has 0 N–H and O–H groups in total. The van der Waals surface area contributed by atoms with Crippen molar-refractivity contribution in [2.75, 3.05) is 20.6 Å². The van der Waals surface area contributed by atoms with Gasteiger partial charge in [0.2, 0.25) is 0 Å². The van der Waals surface area contributed by atoms with Crippen LogP contribution in [-0.2, 0) is 13.2 Å². The van der Waals surface area contributed by atoms with E-state index in [1.807, 2.05) is 30.3 Å². The Morgan fingerprint density at radius 3 is 2.61 bits per heavy atom. The quantitative estimate of drug-likeness (QED) is 0.494. The molecule has 146 valence electrons. The Kier molecular flexibility index (Phi) is 5.00. The highest BCUT2D eigenvalue weighted by atomic mass is 16.5. The number of aryl methyl sites for hydroxylation is 2. The van der Waals surface area contributed by atoms with E-state index in [9.17, 15) is 0 Å². The predicted molar refractivity (Wildman–Crippen MR) is 110 cm³/mol. The van der Waals surface area contributed by atoms with Crippen molar-refractivity contribution in [1.82, 2.24) is 29.0 Å². The SMILES string of the molecule is Cc1c(C)n(CCCN(C)C)c2ncn3nc(COc4ccccc4)nc3c12. The molecule has 7 heteroatoms. The van der Waals surface area contributed by atoms with Crippen LogP contribution in [0.3, 0.4) is 0 Å². The normalized spacial score (nSPS) is 11.8. The minimum atomic E-state index is 0.328. The van der Waals surface area contributed by atoms with Gasteiger partial charge in [-0.3, -0.25) is 0 Å². The monoisotopic (exact) mass is 378 g/mol. The molecule has 0 unspecified atom stereocenters. The van der Waals surface area contributed by atoms with Gasteiger partial charge in [-0.15, -0.1) is 5.10 Å². The lowest BCUT2D eigenvalue weighted by Crippen LogP contribution is -2.15. The van der Waals surface area contributed by atoms with Crippen LogP contribution in [0.15, 0.2) is 36.7 Å². The molecule has 0 aliphatic heterocycles. The highest BCUT2D eigenvalue weighted by Gasteiger charge is 2.18. The topological polar surface area (TPSA) is 60.5 Å². The minimum Gasteiger partial charge on any atom is -0.486 e. The number of hydrogen-bond acceptors (Lipinski definition) is 5. The summed E-state index contributed by atoms with van der Waals surface area (Å²) in [5.74, 6) is 1.46. The summed E-state index contributed by atoms with van der Waals surface area (Å²) >= 11 is 0. The van der Waals surface area contributed by atoms with Crippen LogP contribution in [0.5, 0.6) is 5.75 Å². The van der Waals surface area contributed by atoms with Crippen LogP contribution in [-0.4, -0.2) is 49.7 Å². The van der Waals surface area contributed by atoms with Gasteiger partial charge in [0, 0.05) is 12.2 Å². The lowest BCUT2D eigenvalue weighted by Gasteiger charge is -2.11. The second kappa shape index (κ2) is 7.59. The molecule has 7 nitrogen and oxygen atoms in total. The van der Waals surface area contributed by atoms with Gasteiger partial charge in [-0.05, 0) is 58.6 Å². The van der Waals surface area contributed by atoms with E-state index in [4.69, 9.17) is 9.72 Å². The van der Waals surface area contributed by atoms with E-state index in [0.29, 0.717) is 12.4 Å². The van der Waals surface area contributed by atoms with Gasteiger partial charge < -0.3 is 14.2 Å². The van der Waals surface area contributed by atoms with Crippen molar-refractivity contribution < 1.29 is 4.74 Å². The predicted octanol–water partition coefficient (Wildman–Crippen LogP) is 3.23. The summed E-state index contributed by atoms with van der Waals surface area (Å²) < 4.78 is 9.85. The molecule has 0 amide bonds. The maximum absolute atomic E-state index is 5.80. The average molecular weight is 378 g/mol. The Morgan fingerprint density at radius 1 is 1.07 bits per heavy atom. The number of rotatable bonds is 7. The molecule has 0 atom stereocenters. The lowest BCUT2D eigenvalue weighted by atomic mass is 10.2. The molecule has 0 aliphatic rings. The summed E-state index contributed by atoms with van der Waals surface area (Å²) in [5, 5.41) is 5.62. The Balaban J connectivity index is 1.66. The van der Waals surface area contributed by atoms with Crippen LogP contribution < -0.4 is 4.74 Å². The van der Waals surface area contributed by atoms with Crippen molar-refractivity contribution in [3.05, 3.63) is 53.7 Å². The standard InChI is InChI=1S/C21H26N6O/c1-15-16(2)26(12-8-11-25(3)4)20-19(15)21-23-18(24-27(21)14-22-20)13-28-17-9-6-5-7-10-17/h5-7,9-10,14H,8,11-13H2,1-4H3. The van der Waals surface area contributed by atoms with Crippen LogP contribution in [0.4, 0.5) is 0 Å². The van der Waals surface area contributed by atoms with E-state index in [0.717, 1.165) is 41.9 Å². The maximum Gasteiger partial charge on any atom is 0.189 e. The summed E-state index contributed by atoms with van der Waals surface area (Å²) in [7, 11) is 4.20. The Bertz CT molecular complexity index is 1100. The summed E-state index contributed by atoms with van der Waals surface area (Å²) in [5.41, 5.74) is 4.26.